The van der Waals surface area contributed by atoms with Gasteiger partial charge in [-0.15, -0.1) is 0 Å². The van der Waals surface area contributed by atoms with E-state index in [-0.39, 0.29) is 106 Å². The Bertz CT molecular complexity index is 99.2. The van der Waals surface area contributed by atoms with Crippen LogP contribution in [0.2, 0.25) is 0 Å². The van der Waals surface area contributed by atoms with E-state index in [0.29, 0.717) is 0 Å². The van der Waals surface area contributed by atoms with Gasteiger partial charge in [-0.2, -0.15) is 0 Å². The van der Waals surface area contributed by atoms with E-state index >= 15 is 0 Å². The van der Waals surface area contributed by atoms with Crippen molar-refractivity contribution in [3.05, 3.63) is 0 Å². The maximum Gasteiger partial charge on any atom is 3.00 e. The van der Waals surface area contributed by atoms with Gasteiger partial charge in [0.05, 0.1) is 0 Å². The molecule has 0 spiro atoms. The van der Waals surface area contributed by atoms with Crippen LogP contribution >= 0.6 is 0 Å². The minimum atomic E-state index is -5.17. The fraction of sp³-hybridized carbons (Fsp3) is 0. The van der Waals surface area contributed by atoms with Crippen molar-refractivity contribution < 1.29 is 68.9 Å². The summed E-state index contributed by atoms with van der Waals surface area (Å²) in [5.41, 5.74) is 0. The first-order valence-electron chi connectivity index (χ1n) is 0.667. The number of hydrogen-bond acceptors (Lipinski definition) is 4. The predicted octanol–water partition coefficient (Wildman–Crippen LogP) is -5.10. The second kappa shape index (κ2) is 10.3. The summed E-state index contributed by atoms with van der Waals surface area (Å²) in [6.07, 6.45) is 0. The molecule has 0 heterocycles. The summed E-state index contributed by atoms with van der Waals surface area (Å²) in [5.74, 6) is 0. The molecule has 0 N–H and O–H groups in total. The van der Waals surface area contributed by atoms with Gasteiger partial charge in [0.2, 0.25) is 0 Å². The fourth-order valence-electron chi connectivity index (χ4n) is 0. The Hall–Kier alpha value is 3.30. The Kier molecular flexibility index (Phi) is 29.0. The van der Waals surface area contributed by atoms with Crippen LogP contribution in [0.4, 0.5) is 0 Å². The van der Waals surface area contributed by atoms with Crippen LogP contribution in [0.1, 0.15) is 0 Å². The van der Waals surface area contributed by atoms with Crippen LogP contribution in [-0.4, -0.2) is 72.6 Å². The summed E-state index contributed by atoms with van der Waals surface area (Å²) in [5, 5.41) is 0. The Labute approximate surface area is 131 Å². The minimum Gasteiger partial charge on any atom is -0.759 e. The molecule has 0 bridgehead atoms. The van der Waals surface area contributed by atoms with E-state index in [2.05, 4.69) is 0 Å². The maximum absolute atomic E-state index is 8.52. The molecule has 0 aliphatic rings. The second-order valence-electron chi connectivity index (χ2n) is 0.408. The van der Waals surface area contributed by atoms with Crippen LogP contribution in [0, 0.1) is 0 Å². The van der Waals surface area contributed by atoms with Crippen molar-refractivity contribution >= 4 is 65.5 Å². The molecule has 8 heteroatoms. The van der Waals surface area contributed by atoms with Crippen molar-refractivity contribution in [2.75, 3.05) is 0 Å². The Morgan fingerprint density at radius 3 is 1.12 bits per heavy atom. The summed E-state index contributed by atoms with van der Waals surface area (Å²) in [4.78, 5) is 0. The number of rotatable bonds is 0. The van der Waals surface area contributed by atoms with Gasteiger partial charge in [-0.1, -0.05) is 0 Å². The van der Waals surface area contributed by atoms with Crippen LogP contribution in [0.15, 0.2) is 0 Å². The van der Waals surface area contributed by atoms with Crippen LogP contribution < -0.4 is 51.4 Å². The summed E-state index contributed by atoms with van der Waals surface area (Å²) >= 11 is 0. The van der Waals surface area contributed by atoms with E-state index in [1.165, 1.54) is 0 Å². The molecule has 0 aromatic heterocycles. The van der Waals surface area contributed by atoms with Crippen LogP contribution in [0.25, 0.3) is 0 Å². The molecule has 0 aliphatic carbocycles. The third-order valence-electron chi connectivity index (χ3n) is 0. The first-order chi connectivity index (χ1) is 2.00. The molecule has 0 fully saturated rings. The zero-order valence-electron chi connectivity index (χ0n) is 4.33. The van der Waals surface area contributed by atoms with Crippen molar-refractivity contribution in [3.63, 3.8) is 0 Å². The predicted molar refractivity (Wildman–Crippen MR) is 22.0 cm³/mol. The second-order valence-corrected chi connectivity index (χ2v) is 1.22. The molecule has 32 valence electrons. The van der Waals surface area contributed by atoms with Gasteiger partial charge < -0.3 is 9.11 Å². The van der Waals surface area contributed by atoms with E-state index in [0.717, 1.165) is 0 Å². The van der Waals surface area contributed by atoms with Crippen molar-refractivity contribution in [2.24, 2.45) is 0 Å². The van der Waals surface area contributed by atoms with Gasteiger partial charge in [-0.05, 0) is 0 Å². The standard InChI is InChI=1S/Al.Ca.K.H2O4S/c;;;1-5(2,3)4/h;;;(H2,1,2,3,4)/q+3;+2;+1;/p-2. The van der Waals surface area contributed by atoms with Crippen LogP contribution in [-0.2, 0) is 10.4 Å². The summed E-state index contributed by atoms with van der Waals surface area (Å²) < 4.78 is 34.1. The monoisotopic (exact) mass is 202 g/mol. The van der Waals surface area contributed by atoms with Gasteiger partial charge in [-0.3, -0.25) is 8.42 Å². The molecule has 0 rings (SSSR count). The van der Waals surface area contributed by atoms with Crippen molar-refractivity contribution in [1.82, 2.24) is 0 Å². The van der Waals surface area contributed by atoms with Crippen LogP contribution in [0.3, 0.4) is 0 Å². The molecule has 4 nitrogen and oxygen atoms in total. The molecule has 0 saturated carbocycles. The van der Waals surface area contributed by atoms with Gasteiger partial charge in [0.15, 0.2) is 0 Å². The van der Waals surface area contributed by atoms with Gasteiger partial charge in [0.25, 0.3) is 0 Å². The van der Waals surface area contributed by atoms with Gasteiger partial charge >= 0.3 is 106 Å². The molecule has 0 aromatic carbocycles. The quantitative estimate of drug-likeness (QED) is 0.223. The average Bonchev–Trinajstić information content (AvgIpc) is 0.722. The maximum atomic E-state index is 8.52. The van der Waals surface area contributed by atoms with E-state index in [1.54, 1.807) is 0 Å². The zero-order chi connectivity index (χ0) is 4.50. The molecule has 0 aliphatic heterocycles. The first-order valence-corrected chi connectivity index (χ1v) is 2.00. The Balaban J connectivity index is -0.0000000267. The van der Waals surface area contributed by atoms with Gasteiger partial charge in [0, 0.05) is 10.4 Å². The molecule has 0 unspecified atom stereocenters. The minimum absolute atomic E-state index is 0. The normalized spacial score (nSPS) is 7.25. The summed E-state index contributed by atoms with van der Waals surface area (Å²) in [6.45, 7) is 0. The Morgan fingerprint density at radius 1 is 1.12 bits per heavy atom. The summed E-state index contributed by atoms with van der Waals surface area (Å²) in [7, 11) is -5.17. The van der Waals surface area contributed by atoms with E-state index in [1.807, 2.05) is 0 Å². The molecular formula is AlCaKO4S+4. The topological polar surface area (TPSA) is 80.3 Å². The van der Waals surface area contributed by atoms with Gasteiger partial charge in [-0.25, -0.2) is 0 Å². The van der Waals surface area contributed by atoms with E-state index in [4.69, 9.17) is 17.5 Å². The third-order valence-corrected chi connectivity index (χ3v) is 0. The smallest absolute Gasteiger partial charge is 0.759 e. The zero-order valence-corrected chi connectivity index (χ0v) is 11.6. The molecule has 8 heavy (non-hydrogen) atoms. The Morgan fingerprint density at radius 2 is 1.12 bits per heavy atom. The molecule has 0 saturated heterocycles. The number of hydrogen-bond donors (Lipinski definition) is 0. The van der Waals surface area contributed by atoms with Crippen molar-refractivity contribution in [2.45, 2.75) is 0 Å². The van der Waals surface area contributed by atoms with Crippen molar-refractivity contribution in [3.8, 4) is 0 Å². The van der Waals surface area contributed by atoms with Crippen molar-refractivity contribution in [1.29, 1.82) is 0 Å². The summed E-state index contributed by atoms with van der Waals surface area (Å²) in [6, 6.07) is 0. The molecule has 0 radical (unpaired) electrons. The molecule has 0 atom stereocenters. The van der Waals surface area contributed by atoms with Gasteiger partial charge in [0.1, 0.15) is 0 Å². The van der Waals surface area contributed by atoms with E-state index < -0.39 is 10.4 Å². The molecule has 0 amide bonds. The molecular weight excluding hydrogens is 202 g/mol. The van der Waals surface area contributed by atoms with E-state index in [9.17, 15) is 0 Å². The SMILES string of the molecule is O=S(=O)([O-])[O-].[Al+3].[Ca+2].[K+]. The van der Waals surface area contributed by atoms with Crippen LogP contribution in [0.5, 0.6) is 0 Å². The largest absolute Gasteiger partial charge is 3.00 e. The average molecular weight is 202 g/mol. The fourth-order valence-corrected chi connectivity index (χ4v) is 0. The third kappa shape index (κ3) is 58.9. The molecule has 0 aromatic rings. The first kappa shape index (κ1) is 22.5.